The predicted octanol–water partition coefficient (Wildman–Crippen LogP) is 2.10. The highest BCUT2D eigenvalue weighted by atomic mass is 14.6. The Bertz CT molecular complexity index is 348. The van der Waals surface area contributed by atoms with E-state index in [1.54, 1.807) is 0 Å². The molecule has 0 aromatic heterocycles. The zero-order valence-electron chi connectivity index (χ0n) is 6.83. The van der Waals surface area contributed by atoms with Crippen LogP contribution in [0.4, 0.5) is 0 Å². The topological polar surface area (TPSA) is 26.0 Å². The van der Waals surface area contributed by atoms with Gasteiger partial charge in [0.2, 0.25) is 0 Å². The second-order valence-electron chi connectivity index (χ2n) is 2.94. The number of hydrogen-bond donors (Lipinski definition) is 1. The summed E-state index contributed by atoms with van der Waals surface area (Å²) in [6, 6.07) is 8.35. The van der Waals surface area contributed by atoms with Gasteiger partial charge in [-0.25, -0.2) is 0 Å². The third-order valence-corrected chi connectivity index (χ3v) is 2.07. The third kappa shape index (κ3) is 1.26. The van der Waals surface area contributed by atoms with Crippen molar-refractivity contribution in [1.82, 2.24) is 0 Å². The second-order valence-corrected chi connectivity index (χ2v) is 2.94. The summed E-state index contributed by atoms with van der Waals surface area (Å²) >= 11 is 0. The molecule has 2 rings (SSSR count). The van der Waals surface area contributed by atoms with Crippen LogP contribution in [0, 0.1) is 0 Å². The van der Waals surface area contributed by atoms with Crippen molar-refractivity contribution >= 4 is 6.08 Å². The highest BCUT2D eigenvalue weighted by Crippen LogP contribution is 2.15. The van der Waals surface area contributed by atoms with E-state index >= 15 is 0 Å². The maximum Gasteiger partial charge on any atom is 0.0277 e. The first kappa shape index (κ1) is 7.17. The monoisotopic (exact) mass is 157 g/mol. The predicted molar refractivity (Wildman–Crippen MR) is 51.5 cm³/mol. The Hall–Kier alpha value is -1.50. The molecule has 0 unspecified atom stereocenters. The highest BCUT2D eigenvalue weighted by Gasteiger charge is 1.99. The molecule has 1 heteroatoms. The Balaban J connectivity index is 2.48. The van der Waals surface area contributed by atoms with E-state index in [4.69, 9.17) is 5.73 Å². The van der Waals surface area contributed by atoms with E-state index in [1.807, 2.05) is 18.2 Å². The van der Waals surface area contributed by atoms with Crippen LogP contribution in [0.3, 0.4) is 0 Å². The zero-order chi connectivity index (χ0) is 8.39. The van der Waals surface area contributed by atoms with Crippen LogP contribution in [0.15, 0.2) is 42.1 Å². The number of fused-ring (bicyclic) bond motifs is 1. The number of allylic oxidation sites excluding steroid dienone is 2. The van der Waals surface area contributed by atoms with E-state index in [-0.39, 0.29) is 0 Å². The molecule has 0 bridgehead atoms. The Morgan fingerprint density at radius 2 is 1.92 bits per heavy atom. The third-order valence-electron chi connectivity index (χ3n) is 2.07. The van der Waals surface area contributed by atoms with Crippen LogP contribution >= 0.6 is 0 Å². The van der Waals surface area contributed by atoms with Crippen molar-refractivity contribution in [1.29, 1.82) is 0 Å². The van der Waals surface area contributed by atoms with Crippen LogP contribution in [-0.4, -0.2) is 0 Å². The lowest BCUT2D eigenvalue weighted by Crippen LogP contribution is -1.91. The first-order valence-corrected chi connectivity index (χ1v) is 4.08. The molecule has 0 saturated heterocycles. The minimum absolute atomic E-state index is 0.853. The van der Waals surface area contributed by atoms with Gasteiger partial charge in [0, 0.05) is 5.70 Å². The Labute approximate surface area is 72.2 Å². The van der Waals surface area contributed by atoms with Gasteiger partial charge in [-0.1, -0.05) is 36.4 Å². The van der Waals surface area contributed by atoms with Gasteiger partial charge in [0.25, 0.3) is 0 Å². The Kier molecular flexibility index (Phi) is 1.71. The summed E-state index contributed by atoms with van der Waals surface area (Å²) < 4.78 is 0. The van der Waals surface area contributed by atoms with Crippen LogP contribution in [0.25, 0.3) is 6.08 Å². The number of benzene rings is 1. The molecule has 0 fully saturated rings. The van der Waals surface area contributed by atoms with Crippen molar-refractivity contribution in [2.45, 2.75) is 6.42 Å². The van der Waals surface area contributed by atoms with Gasteiger partial charge in [0.05, 0.1) is 0 Å². The van der Waals surface area contributed by atoms with Crippen LogP contribution in [0.2, 0.25) is 0 Å². The molecule has 1 aromatic carbocycles. The maximum absolute atomic E-state index is 5.69. The van der Waals surface area contributed by atoms with Crippen LogP contribution in [-0.2, 0) is 6.42 Å². The largest absolute Gasteiger partial charge is 0.399 e. The molecule has 0 aliphatic heterocycles. The second kappa shape index (κ2) is 2.86. The van der Waals surface area contributed by atoms with E-state index < -0.39 is 0 Å². The average Bonchev–Trinajstić information content (AvgIpc) is 2.29. The lowest BCUT2D eigenvalue weighted by atomic mass is 10.1. The molecule has 0 atom stereocenters. The minimum atomic E-state index is 0.853. The van der Waals surface area contributed by atoms with Crippen molar-refractivity contribution < 1.29 is 0 Å². The fraction of sp³-hybridized carbons (Fsp3) is 0.0909. The first-order chi connectivity index (χ1) is 5.86. The highest BCUT2D eigenvalue weighted by molar-refractivity contribution is 5.58. The van der Waals surface area contributed by atoms with Gasteiger partial charge < -0.3 is 5.73 Å². The van der Waals surface area contributed by atoms with E-state index in [2.05, 4.69) is 24.3 Å². The standard InChI is InChI=1S/C11H11N/c12-11-7-5-9-3-1-2-4-10(9)6-8-11/h1-5,7-8H,6,12H2. The SMILES string of the molecule is NC1=CCc2ccccc2C=C1. The fourth-order valence-electron chi connectivity index (χ4n) is 1.36. The molecule has 1 aromatic rings. The molecule has 2 N–H and O–H groups in total. The van der Waals surface area contributed by atoms with Gasteiger partial charge >= 0.3 is 0 Å². The van der Waals surface area contributed by atoms with E-state index in [0.717, 1.165) is 12.1 Å². The first-order valence-electron chi connectivity index (χ1n) is 4.08. The molecule has 1 nitrogen and oxygen atoms in total. The average molecular weight is 157 g/mol. The zero-order valence-corrected chi connectivity index (χ0v) is 6.83. The van der Waals surface area contributed by atoms with Gasteiger partial charge in [-0.2, -0.15) is 0 Å². The minimum Gasteiger partial charge on any atom is -0.399 e. The van der Waals surface area contributed by atoms with Crippen molar-refractivity contribution in [3.8, 4) is 0 Å². The van der Waals surface area contributed by atoms with Crippen molar-refractivity contribution in [2.24, 2.45) is 5.73 Å². The molecule has 1 aliphatic rings. The van der Waals surface area contributed by atoms with E-state index in [0.29, 0.717) is 0 Å². The summed E-state index contributed by atoms with van der Waals surface area (Å²) in [5.41, 5.74) is 9.16. The molecule has 0 amide bonds. The Morgan fingerprint density at radius 1 is 1.08 bits per heavy atom. The van der Waals surface area contributed by atoms with Crippen LogP contribution < -0.4 is 5.73 Å². The van der Waals surface area contributed by atoms with Gasteiger partial charge in [0.1, 0.15) is 0 Å². The number of rotatable bonds is 0. The van der Waals surface area contributed by atoms with Crippen molar-refractivity contribution in [3.05, 3.63) is 53.2 Å². The molecule has 0 spiro atoms. The Morgan fingerprint density at radius 3 is 2.83 bits per heavy atom. The number of nitrogens with two attached hydrogens (primary N) is 1. The summed E-state index contributed by atoms with van der Waals surface area (Å²) in [4.78, 5) is 0. The van der Waals surface area contributed by atoms with Gasteiger partial charge in [-0.15, -0.1) is 0 Å². The van der Waals surface area contributed by atoms with Crippen molar-refractivity contribution in [2.75, 3.05) is 0 Å². The van der Waals surface area contributed by atoms with E-state index in [9.17, 15) is 0 Å². The molecule has 0 heterocycles. The van der Waals surface area contributed by atoms with Gasteiger partial charge in [-0.3, -0.25) is 0 Å². The summed E-state index contributed by atoms with van der Waals surface area (Å²) in [7, 11) is 0. The fourth-order valence-corrected chi connectivity index (χ4v) is 1.36. The molecular weight excluding hydrogens is 146 g/mol. The molecule has 12 heavy (non-hydrogen) atoms. The van der Waals surface area contributed by atoms with Gasteiger partial charge in [0.15, 0.2) is 0 Å². The van der Waals surface area contributed by atoms with Gasteiger partial charge in [-0.05, 0) is 23.6 Å². The quantitative estimate of drug-likeness (QED) is 0.613. The summed E-state index contributed by atoms with van der Waals surface area (Å²) in [5.74, 6) is 0. The van der Waals surface area contributed by atoms with Crippen LogP contribution in [0.5, 0.6) is 0 Å². The molecule has 1 aliphatic carbocycles. The van der Waals surface area contributed by atoms with Crippen LogP contribution in [0.1, 0.15) is 11.1 Å². The number of hydrogen-bond acceptors (Lipinski definition) is 1. The molecule has 0 radical (unpaired) electrons. The summed E-state index contributed by atoms with van der Waals surface area (Å²) in [5, 5.41) is 0. The molecule has 0 saturated carbocycles. The molecular formula is C11H11N. The molecule has 60 valence electrons. The smallest absolute Gasteiger partial charge is 0.0277 e. The van der Waals surface area contributed by atoms with Crippen molar-refractivity contribution in [3.63, 3.8) is 0 Å². The summed E-state index contributed by atoms with van der Waals surface area (Å²) in [6.07, 6.45) is 7.00. The summed E-state index contributed by atoms with van der Waals surface area (Å²) in [6.45, 7) is 0. The maximum atomic E-state index is 5.69. The normalized spacial score (nSPS) is 14.8. The lowest BCUT2D eigenvalue weighted by Gasteiger charge is -1.99. The lowest BCUT2D eigenvalue weighted by molar-refractivity contribution is 1.23. The van der Waals surface area contributed by atoms with E-state index in [1.165, 1.54) is 11.1 Å².